The first-order valence-corrected chi connectivity index (χ1v) is 13.5. The molecule has 1 aromatic carbocycles. The molecule has 1 heterocycles. The monoisotopic (exact) mass is 562 g/mol. The van der Waals surface area contributed by atoms with E-state index in [4.69, 9.17) is 5.73 Å². The predicted octanol–water partition coefficient (Wildman–Crippen LogP) is 3.86. The normalized spacial score (nSPS) is 19.7. The summed E-state index contributed by atoms with van der Waals surface area (Å²) in [5.74, 6) is 0.376. The zero-order chi connectivity index (χ0) is 21.9. The second-order valence-electron chi connectivity index (χ2n) is 8.03. The number of hydrogen-bond acceptors (Lipinski definition) is 7. The van der Waals surface area contributed by atoms with Crippen molar-refractivity contribution in [2.24, 2.45) is 5.92 Å². The zero-order valence-corrected chi connectivity index (χ0v) is 20.8. The maximum absolute atomic E-state index is 12.8. The van der Waals surface area contributed by atoms with E-state index in [1.54, 1.807) is 6.07 Å². The molecule has 1 fully saturated rings. The van der Waals surface area contributed by atoms with E-state index in [-0.39, 0.29) is 35.4 Å². The van der Waals surface area contributed by atoms with Crippen molar-refractivity contribution >= 4 is 60.7 Å². The lowest BCUT2D eigenvalue weighted by molar-refractivity contribution is 0.104. The van der Waals surface area contributed by atoms with Gasteiger partial charge in [-0.15, -0.1) is 0 Å². The Balaban J connectivity index is 1.58. The molecule has 10 heteroatoms. The van der Waals surface area contributed by atoms with Crippen LogP contribution in [0.2, 0.25) is 0 Å². The molecule has 0 spiro atoms. The summed E-state index contributed by atoms with van der Waals surface area (Å²) < 4.78 is 28.0. The van der Waals surface area contributed by atoms with E-state index in [1.807, 2.05) is 32.0 Å². The lowest BCUT2D eigenvalue weighted by Crippen LogP contribution is -2.41. The third kappa shape index (κ3) is 6.14. The molecule has 3 rings (SSSR count). The van der Waals surface area contributed by atoms with Crippen LogP contribution in [0.5, 0.6) is 0 Å². The van der Waals surface area contributed by atoms with Crippen LogP contribution in [0.3, 0.4) is 0 Å². The fraction of sp³-hybridized carbons (Fsp3) is 0.500. The molecule has 164 valence electrons. The Hall–Kier alpha value is -1.24. The highest BCUT2D eigenvalue weighted by Gasteiger charge is 2.26. The van der Waals surface area contributed by atoms with Gasteiger partial charge in [-0.1, -0.05) is 37.3 Å². The Morgan fingerprint density at radius 1 is 1.23 bits per heavy atom. The van der Waals surface area contributed by atoms with Crippen LogP contribution < -0.4 is 15.8 Å². The number of halogens is 1. The number of nitrogens with two attached hydrogens (primary N) is 1. The molecule has 30 heavy (non-hydrogen) atoms. The Bertz CT molecular complexity index is 999. The standard InChI is InChI=1S/C20H27IN4O3S2/c1-12(2)11-30(27,28)25-14-9-7-13(8-10-14)23-20-24-19(22)18(29-20)17(26)15-5-3-4-6-16(15)21/h3-6,12-14,25H,7-11,22H2,1-2H3,(H,23,24). The summed E-state index contributed by atoms with van der Waals surface area (Å²) in [4.78, 5) is 17.6. The molecule has 1 saturated carbocycles. The van der Waals surface area contributed by atoms with E-state index >= 15 is 0 Å². The van der Waals surface area contributed by atoms with Crippen molar-refractivity contribution in [2.75, 3.05) is 16.8 Å². The smallest absolute Gasteiger partial charge is 0.212 e. The molecule has 0 radical (unpaired) electrons. The quantitative estimate of drug-likeness (QED) is 0.333. The number of carbonyl (C=O) groups is 1. The van der Waals surface area contributed by atoms with E-state index in [1.165, 1.54) is 11.3 Å². The van der Waals surface area contributed by atoms with Crippen LogP contribution in [0.4, 0.5) is 10.9 Å². The van der Waals surface area contributed by atoms with Gasteiger partial charge in [0.05, 0.1) is 5.75 Å². The molecule has 1 aliphatic carbocycles. The Kier molecular flexibility index (Phi) is 7.75. The number of nitrogen functional groups attached to an aromatic ring is 1. The van der Waals surface area contributed by atoms with Crippen LogP contribution in [0.25, 0.3) is 0 Å². The second-order valence-corrected chi connectivity index (χ2v) is 12.0. The van der Waals surface area contributed by atoms with Gasteiger partial charge < -0.3 is 11.1 Å². The number of nitrogens with zero attached hydrogens (tertiary/aromatic N) is 1. The van der Waals surface area contributed by atoms with Gasteiger partial charge in [-0.2, -0.15) is 0 Å². The number of thiazole rings is 1. The van der Waals surface area contributed by atoms with Gasteiger partial charge in [0.2, 0.25) is 15.8 Å². The molecule has 0 saturated heterocycles. The number of sulfonamides is 1. The maximum Gasteiger partial charge on any atom is 0.212 e. The van der Waals surface area contributed by atoms with E-state index in [0.717, 1.165) is 29.3 Å². The lowest BCUT2D eigenvalue weighted by Gasteiger charge is -2.29. The van der Waals surface area contributed by atoms with Crippen LogP contribution in [0.15, 0.2) is 24.3 Å². The molecule has 0 amide bonds. The van der Waals surface area contributed by atoms with Gasteiger partial charge >= 0.3 is 0 Å². The minimum Gasteiger partial charge on any atom is -0.382 e. The lowest BCUT2D eigenvalue weighted by atomic mass is 9.92. The maximum atomic E-state index is 12.8. The molecule has 0 atom stereocenters. The third-order valence-corrected chi connectivity index (χ3v) is 8.67. The molecule has 1 aromatic heterocycles. The number of nitrogens with one attached hydrogen (secondary N) is 2. The summed E-state index contributed by atoms with van der Waals surface area (Å²) in [5.41, 5.74) is 6.64. The Morgan fingerprint density at radius 3 is 2.50 bits per heavy atom. The molecule has 0 bridgehead atoms. The first-order valence-electron chi connectivity index (χ1n) is 9.96. The van der Waals surface area contributed by atoms with Crippen molar-refractivity contribution in [3.8, 4) is 0 Å². The van der Waals surface area contributed by atoms with E-state index < -0.39 is 10.0 Å². The molecule has 0 unspecified atom stereocenters. The highest BCUT2D eigenvalue weighted by molar-refractivity contribution is 14.1. The van der Waals surface area contributed by atoms with Crippen LogP contribution in [-0.4, -0.2) is 37.0 Å². The van der Waals surface area contributed by atoms with Crippen LogP contribution in [-0.2, 0) is 10.0 Å². The summed E-state index contributed by atoms with van der Waals surface area (Å²) in [6, 6.07) is 7.56. The van der Waals surface area contributed by atoms with E-state index in [2.05, 4.69) is 37.6 Å². The number of rotatable bonds is 8. The van der Waals surface area contributed by atoms with Crippen LogP contribution >= 0.6 is 33.9 Å². The van der Waals surface area contributed by atoms with Gasteiger partial charge in [0.1, 0.15) is 10.7 Å². The minimum absolute atomic E-state index is 0.0227. The highest BCUT2D eigenvalue weighted by Crippen LogP contribution is 2.31. The van der Waals surface area contributed by atoms with E-state index in [9.17, 15) is 13.2 Å². The molecule has 0 aliphatic heterocycles. The number of anilines is 2. The second kappa shape index (κ2) is 9.92. The summed E-state index contributed by atoms with van der Waals surface area (Å²) in [6.45, 7) is 3.80. The summed E-state index contributed by atoms with van der Waals surface area (Å²) in [6.07, 6.45) is 3.19. The van der Waals surface area contributed by atoms with Crippen LogP contribution in [0.1, 0.15) is 54.8 Å². The van der Waals surface area contributed by atoms with Crippen molar-refractivity contribution in [1.29, 1.82) is 0 Å². The van der Waals surface area contributed by atoms with Gasteiger partial charge in [-0.05, 0) is 66.3 Å². The average molecular weight is 562 g/mol. The molecular weight excluding hydrogens is 535 g/mol. The predicted molar refractivity (Wildman–Crippen MR) is 131 cm³/mol. The molecule has 2 aromatic rings. The van der Waals surface area contributed by atoms with Crippen molar-refractivity contribution < 1.29 is 13.2 Å². The van der Waals surface area contributed by atoms with Crippen LogP contribution in [0, 0.1) is 9.49 Å². The average Bonchev–Trinajstić information content (AvgIpc) is 3.02. The summed E-state index contributed by atoms with van der Waals surface area (Å²) in [7, 11) is -3.23. The van der Waals surface area contributed by atoms with Crippen molar-refractivity contribution in [1.82, 2.24) is 9.71 Å². The number of hydrogen-bond donors (Lipinski definition) is 3. The van der Waals surface area contributed by atoms with Gasteiger partial charge in [0, 0.05) is 21.2 Å². The zero-order valence-electron chi connectivity index (χ0n) is 17.0. The van der Waals surface area contributed by atoms with Crippen molar-refractivity contribution in [2.45, 2.75) is 51.6 Å². The minimum atomic E-state index is -3.23. The highest BCUT2D eigenvalue weighted by atomic mass is 127. The molecule has 1 aliphatic rings. The van der Waals surface area contributed by atoms with Gasteiger partial charge in [0.15, 0.2) is 5.13 Å². The molecule has 7 nitrogen and oxygen atoms in total. The first-order chi connectivity index (χ1) is 14.1. The number of aromatic nitrogens is 1. The largest absolute Gasteiger partial charge is 0.382 e. The van der Waals surface area contributed by atoms with Gasteiger partial charge in [0.25, 0.3) is 0 Å². The molecular formula is C20H27IN4O3S2. The third-order valence-electron chi connectivity index (χ3n) is 4.93. The van der Waals surface area contributed by atoms with Gasteiger partial charge in [-0.25, -0.2) is 18.1 Å². The van der Waals surface area contributed by atoms with E-state index in [0.29, 0.717) is 15.6 Å². The SMILES string of the molecule is CC(C)CS(=O)(=O)NC1CCC(Nc2nc(N)c(C(=O)c3ccccc3I)s2)CC1. The Labute approximate surface area is 195 Å². The summed E-state index contributed by atoms with van der Waals surface area (Å²) in [5, 5.41) is 4.00. The van der Waals surface area contributed by atoms with Crippen molar-refractivity contribution in [3.05, 3.63) is 38.3 Å². The van der Waals surface area contributed by atoms with Gasteiger partial charge in [-0.3, -0.25) is 4.79 Å². The molecule has 4 N–H and O–H groups in total. The number of carbonyl (C=O) groups excluding carboxylic acids is 1. The summed E-state index contributed by atoms with van der Waals surface area (Å²) >= 11 is 3.41. The van der Waals surface area contributed by atoms with Crippen molar-refractivity contribution in [3.63, 3.8) is 0 Å². The Morgan fingerprint density at radius 2 is 1.87 bits per heavy atom. The topological polar surface area (TPSA) is 114 Å². The fourth-order valence-corrected chi connectivity index (χ4v) is 6.86. The first kappa shape index (κ1) is 23.4. The number of benzene rings is 1. The number of ketones is 1. The fourth-order valence-electron chi connectivity index (χ4n) is 3.60.